The van der Waals surface area contributed by atoms with Crippen LogP contribution < -0.4 is 0 Å². The third-order valence-electron chi connectivity index (χ3n) is 2.27. The van der Waals surface area contributed by atoms with Crippen molar-refractivity contribution in [3.05, 3.63) is 0 Å². The highest BCUT2D eigenvalue weighted by molar-refractivity contribution is 5.92. The summed E-state index contributed by atoms with van der Waals surface area (Å²) in [6.45, 7) is 0.712. The predicted octanol–water partition coefficient (Wildman–Crippen LogP) is 1.55. The van der Waals surface area contributed by atoms with Crippen LogP contribution in [0.25, 0.3) is 0 Å². The third-order valence-corrected chi connectivity index (χ3v) is 2.27. The summed E-state index contributed by atoms with van der Waals surface area (Å²) in [5.41, 5.74) is 0. The maximum atomic E-state index is 11.5. The van der Waals surface area contributed by atoms with Crippen LogP contribution in [-0.4, -0.2) is 30.1 Å². The van der Waals surface area contributed by atoms with Gasteiger partial charge in [-0.1, -0.05) is 6.42 Å². The van der Waals surface area contributed by atoms with Crippen molar-refractivity contribution >= 4 is 12.0 Å². The standard InChI is InChI=1S/C11H15NO3/c1-2-3-4-5-6-7-10(13)12-8-9-15-11(12)14/h1H,3-9H2. The first-order valence-corrected chi connectivity index (χ1v) is 5.16. The van der Waals surface area contributed by atoms with Crippen LogP contribution in [0.3, 0.4) is 0 Å². The second-order valence-electron chi connectivity index (χ2n) is 3.42. The minimum absolute atomic E-state index is 0.141. The number of terminal acetylenes is 1. The SMILES string of the molecule is C#CCCCCCC(=O)N1CCOC1=O. The highest BCUT2D eigenvalue weighted by Gasteiger charge is 2.27. The van der Waals surface area contributed by atoms with E-state index < -0.39 is 6.09 Å². The molecule has 0 aromatic heterocycles. The van der Waals surface area contributed by atoms with E-state index in [0.29, 0.717) is 19.6 Å². The summed E-state index contributed by atoms with van der Waals surface area (Å²) >= 11 is 0. The lowest BCUT2D eigenvalue weighted by Gasteiger charge is -2.09. The predicted molar refractivity (Wildman–Crippen MR) is 55.0 cm³/mol. The Kier molecular flexibility index (Phi) is 4.69. The molecule has 0 N–H and O–H groups in total. The van der Waals surface area contributed by atoms with Gasteiger partial charge in [0.1, 0.15) is 6.61 Å². The highest BCUT2D eigenvalue weighted by Crippen LogP contribution is 2.09. The number of unbranched alkanes of at least 4 members (excludes halogenated alkanes) is 3. The molecular weight excluding hydrogens is 194 g/mol. The number of rotatable bonds is 5. The van der Waals surface area contributed by atoms with E-state index in [2.05, 4.69) is 10.7 Å². The van der Waals surface area contributed by atoms with Crippen molar-refractivity contribution in [3.63, 3.8) is 0 Å². The number of cyclic esters (lactones) is 1. The Morgan fingerprint density at radius 2 is 2.27 bits per heavy atom. The summed E-state index contributed by atoms with van der Waals surface area (Å²) in [7, 11) is 0. The average molecular weight is 209 g/mol. The summed E-state index contributed by atoms with van der Waals surface area (Å²) in [4.78, 5) is 23.6. The van der Waals surface area contributed by atoms with Crippen molar-refractivity contribution in [2.45, 2.75) is 32.1 Å². The Hall–Kier alpha value is -1.50. The molecule has 1 aliphatic heterocycles. The normalized spacial score (nSPS) is 14.9. The fraction of sp³-hybridized carbons (Fsp3) is 0.636. The van der Waals surface area contributed by atoms with Gasteiger partial charge in [0, 0.05) is 12.8 Å². The Balaban J connectivity index is 2.13. The van der Waals surface area contributed by atoms with Crippen molar-refractivity contribution in [3.8, 4) is 12.3 Å². The van der Waals surface area contributed by atoms with E-state index in [9.17, 15) is 9.59 Å². The van der Waals surface area contributed by atoms with Gasteiger partial charge in [0.05, 0.1) is 6.54 Å². The Morgan fingerprint density at radius 3 is 2.87 bits per heavy atom. The van der Waals surface area contributed by atoms with Crippen molar-refractivity contribution in [2.24, 2.45) is 0 Å². The summed E-state index contributed by atoms with van der Waals surface area (Å²) in [6, 6.07) is 0. The van der Waals surface area contributed by atoms with Gasteiger partial charge in [-0.2, -0.15) is 0 Å². The highest BCUT2D eigenvalue weighted by atomic mass is 16.6. The van der Waals surface area contributed by atoms with E-state index >= 15 is 0 Å². The Bertz CT molecular complexity index is 280. The lowest BCUT2D eigenvalue weighted by molar-refractivity contribution is -0.127. The molecule has 0 saturated carbocycles. The van der Waals surface area contributed by atoms with Crippen molar-refractivity contribution in [2.75, 3.05) is 13.2 Å². The first-order chi connectivity index (χ1) is 7.25. The van der Waals surface area contributed by atoms with E-state index in [0.717, 1.165) is 25.7 Å². The van der Waals surface area contributed by atoms with Gasteiger partial charge >= 0.3 is 6.09 Å². The quantitative estimate of drug-likeness (QED) is 0.509. The van der Waals surface area contributed by atoms with Gasteiger partial charge in [-0.3, -0.25) is 4.79 Å². The van der Waals surface area contributed by atoms with Crippen LogP contribution in [0.1, 0.15) is 32.1 Å². The Morgan fingerprint density at radius 1 is 1.47 bits per heavy atom. The molecule has 0 aromatic rings. The number of carbonyl (C=O) groups excluding carboxylic acids is 2. The maximum absolute atomic E-state index is 11.5. The fourth-order valence-corrected chi connectivity index (χ4v) is 1.43. The van der Waals surface area contributed by atoms with Crippen LogP contribution in [-0.2, 0) is 9.53 Å². The second-order valence-corrected chi connectivity index (χ2v) is 3.42. The fourth-order valence-electron chi connectivity index (χ4n) is 1.43. The number of ether oxygens (including phenoxy) is 1. The van der Waals surface area contributed by atoms with Gasteiger partial charge in [0.2, 0.25) is 5.91 Å². The molecule has 0 atom stereocenters. The molecule has 0 aliphatic carbocycles. The van der Waals surface area contributed by atoms with E-state index in [1.807, 2.05) is 0 Å². The van der Waals surface area contributed by atoms with E-state index in [4.69, 9.17) is 6.42 Å². The molecule has 1 rings (SSSR count). The molecule has 4 heteroatoms. The van der Waals surface area contributed by atoms with Gasteiger partial charge in [-0.25, -0.2) is 9.69 Å². The van der Waals surface area contributed by atoms with Crippen molar-refractivity contribution in [1.82, 2.24) is 4.90 Å². The number of amides is 2. The lowest BCUT2D eigenvalue weighted by Crippen LogP contribution is -2.31. The van der Waals surface area contributed by atoms with Gasteiger partial charge < -0.3 is 4.74 Å². The van der Waals surface area contributed by atoms with Gasteiger partial charge in [-0.15, -0.1) is 12.3 Å². The van der Waals surface area contributed by atoms with Crippen molar-refractivity contribution < 1.29 is 14.3 Å². The first kappa shape index (κ1) is 11.6. The average Bonchev–Trinajstić information content (AvgIpc) is 2.64. The van der Waals surface area contributed by atoms with Gasteiger partial charge in [0.25, 0.3) is 0 Å². The third kappa shape index (κ3) is 3.62. The number of imide groups is 1. The summed E-state index contributed by atoms with van der Waals surface area (Å²) in [5, 5.41) is 0. The zero-order chi connectivity index (χ0) is 11.1. The minimum Gasteiger partial charge on any atom is -0.447 e. The summed E-state index contributed by atoms with van der Waals surface area (Å²) in [5.74, 6) is 2.41. The molecule has 0 unspecified atom stereocenters. The molecule has 1 saturated heterocycles. The molecule has 1 fully saturated rings. The van der Waals surface area contributed by atoms with Crippen LogP contribution >= 0.6 is 0 Å². The van der Waals surface area contributed by atoms with Crippen LogP contribution in [0.5, 0.6) is 0 Å². The van der Waals surface area contributed by atoms with E-state index in [1.165, 1.54) is 4.90 Å². The molecule has 82 valence electrons. The monoisotopic (exact) mass is 209 g/mol. The van der Waals surface area contributed by atoms with E-state index in [-0.39, 0.29) is 5.91 Å². The molecule has 0 aromatic carbocycles. The molecule has 0 radical (unpaired) electrons. The zero-order valence-corrected chi connectivity index (χ0v) is 8.70. The minimum atomic E-state index is -0.511. The van der Waals surface area contributed by atoms with Gasteiger partial charge in [-0.05, 0) is 12.8 Å². The maximum Gasteiger partial charge on any atom is 0.416 e. The smallest absolute Gasteiger partial charge is 0.416 e. The lowest BCUT2D eigenvalue weighted by atomic mass is 10.1. The number of nitrogens with zero attached hydrogens (tertiary/aromatic N) is 1. The van der Waals surface area contributed by atoms with Crippen molar-refractivity contribution in [1.29, 1.82) is 0 Å². The molecule has 4 nitrogen and oxygen atoms in total. The molecule has 2 amide bonds. The van der Waals surface area contributed by atoms with Crippen LogP contribution in [0, 0.1) is 12.3 Å². The largest absolute Gasteiger partial charge is 0.447 e. The van der Waals surface area contributed by atoms with E-state index in [1.54, 1.807) is 0 Å². The van der Waals surface area contributed by atoms with Crippen LogP contribution in [0.2, 0.25) is 0 Å². The van der Waals surface area contributed by atoms with Crippen LogP contribution in [0.15, 0.2) is 0 Å². The number of carbonyl (C=O) groups is 2. The molecular formula is C11H15NO3. The number of hydrogen-bond acceptors (Lipinski definition) is 3. The Labute approximate surface area is 89.6 Å². The second kappa shape index (κ2) is 6.07. The van der Waals surface area contributed by atoms with Gasteiger partial charge in [0.15, 0.2) is 0 Å². The number of hydrogen-bond donors (Lipinski definition) is 0. The summed E-state index contributed by atoms with van der Waals surface area (Å²) in [6.07, 6.45) is 8.39. The summed E-state index contributed by atoms with van der Waals surface area (Å²) < 4.78 is 4.67. The molecule has 15 heavy (non-hydrogen) atoms. The molecule has 1 aliphatic rings. The first-order valence-electron chi connectivity index (χ1n) is 5.16. The van der Waals surface area contributed by atoms with Crippen LogP contribution in [0.4, 0.5) is 4.79 Å². The topological polar surface area (TPSA) is 46.6 Å². The molecule has 1 heterocycles. The molecule has 0 spiro atoms. The molecule has 0 bridgehead atoms. The zero-order valence-electron chi connectivity index (χ0n) is 8.70.